The predicted molar refractivity (Wildman–Crippen MR) is 106 cm³/mol. The summed E-state index contributed by atoms with van der Waals surface area (Å²) in [5, 5.41) is 22.8. The molecular formula is C18H14IN5O. The topological polar surface area (TPSA) is 93.6 Å². The maximum Gasteiger partial charge on any atom is 0.267 e. The lowest BCUT2D eigenvalue weighted by molar-refractivity contribution is -0.112. The number of fused-ring (bicyclic) bond motifs is 1. The summed E-state index contributed by atoms with van der Waals surface area (Å²) >= 11 is 2.21. The number of hydrogen-bond donors (Lipinski definition) is 3. The van der Waals surface area contributed by atoms with E-state index in [0.717, 1.165) is 25.7 Å². The van der Waals surface area contributed by atoms with Crippen LogP contribution in [0.3, 0.4) is 0 Å². The highest BCUT2D eigenvalue weighted by Crippen LogP contribution is 2.19. The van der Waals surface area contributed by atoms with Crippen LogP contribution in [0.4, 0.5) is 11.4 Å². The van der Waals surface area contributed by atoms with Crippen molar-refractivity contribution in [3.05, 3.63) is 63.5 Å². The van der Waals surface area contributed by atoms with E-state index in [-0.39, 0.29) is 5.57 Å². The number of rotatable bonds is 4. The van der Waals surface area contributed by atoms with Gasteiger partial charge in [-0.1, -0.05) is 0 Å². The molecule has 0 aliphatic rings. The van der Waals surface area contributed by atoms with Gasteiger partial charge in [0.25, 0.3) is 5.91 Å². The van der Waals surface area contributed by atoms with Gasteiger partial charge in [0.15, 0.2) is 0 Å². The summed E-state index contributed by atoms with van der Waals surface area (Å²) in [5.41, 5.74) is 3.24. The van der Waals surface area contributed by atoms with Gasteiger partial charge in [0.1, 0.15) is 11.6 Å². The Labute approximate surface area is 158 Å². The van der Waals surface area contributed by atoms with E-state index in [9.17, 15) is 10.1 Å². The van der Waals surface area contributed by atoms with E-state index >= 15 is 0 Å². The second-order valence-electron chi connectivity index (χ2n) is 5.40. The Balaban J connectivity index is 1.75. The van der Waals surface area contributed by atoms with Gasteiger partial charge in [-0.2, -0.15) is 10.4 Å². The van der Waals surface area contributed by atoms with Crippen LogP contribution < -0.4 is 10.6 Å². The number of aromatic nitrogens is 2. The largest absolute Gasteiger partial charge is 0.360 e. The molecule has 3 aromatic rings. The van der Waals surface area contributed by atoms with Crippen molar-refractivity contribution in [2.24, 2.45) is 0 Å². The molecule has 0 bridgehead atoms. The molecule has 1 aromatic heterocycles. The van der Waals surface area contributed by atoms with E-state index in [1.165, 1.54) is 6.20 Å². The molecule has 7 heteroatoms. The number of carbonyl (C=O) groups is 1. The van der Waals surface area contributed by atoms with E-state index in [1.54, 1.807) is 6.20 Å². The van der Waals surface area contributed by atoms with Gasteiger partial charge in [-0.05, 0) is 71.5 Å². The monoisotopic (exact) mass is 443 g/mol. The van der Waals surface area contributed by atoms with E-state index in [1.807, 2.05) is 49.4 Å². The number of aryl methyl sites for hydroxylation is 1. The Bertz CT molecular complexity index is 1020. The molecule has 6 nitrogen and oxygen atoms in total. The van der Waals surface area contributed by atoms with Crippen molar-refractivity contribution in [1.82, 2.24) is 10.2 Å². The number of carbonyl (C=O) groups excluding carboxylic acids is 1. The van der Waals surface area contributed by atoms with Crippen molar-refractivity contribution < 1.29 is 4.79 Å². The van der Waals surface area contributed by atoms with E-state index in [2.05, 4.69) is 43.4 Å². The molecule has 3 N–H and O–H groups in total. The summed E-state index contributed by atoms with van der Waals surface area (Å²) < 4.78 is 1.08. The van der Waals surface area contributed by atoms with Gasteiger partial charge in [-0.25, -0.2) is 0 Å². The Kier molecular flexibility index (Phi) is 5.00. The maximum absolute atomic E-state index is 12.3. The van der Waals surface area contributed by atoms with E-state index in [4.69, 9.17) is 0 Å². The summed E-state index contributed by atoms with van der Waals surface area (Å²) in [6.45, 7) is 1.91. The summed E-state index contributed by atoms with van der Waals surface area (Å²) in [5.74, 6) is -0.457. The highest BCUT2D eigenvalue weighted by molar-refractivity contribution is 14.1. The van der Waals surface area contributed by atoms with Crippen LogP contribution in [-0.4, -0.2) is 16.1 Å². The Morgan fingerprint density at radius 1 is 1.32 bits per heavy atom. The molecule has 0 atom stereocenters. The molecule has 3 rings (SSSR count). The molecule has 1 heterocycles. The minimum Gasteiger partial charge on any atom is -0.360 e. The standard InChI is InChI=1S/C18H14IN5O/c1-11-6-14(19)3-5-16(11)23-18(25)13(8-20)9-21-15-4-2-12-10-22-24-17(12)7-15/h2-7,9-10,21H,1H3,(H,22,24)(H,23,25)/b13-9-. The summed E-state index contributed by atoms with van der Waals surface area (Å²) in [7, 11) is 0. The van der Waals surface area contributed by atoms with Crippen LogP contribution in [0.5, 0.6) is 0 Å². The SMILES string of the molecule is Cc1cc(I)ccc1NC(=O)/C(C#N)=C\Nc1ccc2cn[nH]c2c1. The molecule has 0 unspecified atom stereocenters. The zero-order valence-electron chi connectivity index (χ0n) is 13.3. The van der Waals surface area contributed by atoms with Crippen molar-refractivity contribution in [1.29, 1.82) is 5.26 Å². The number of aromatic amines is 1. The molecule has 0 aliphatic carbocycles. The van der Waals surface area contributed by atoms with Crippen molar-refractivity contribution in [3.8, 4) is 6.07 Å². The number of halogens is 1. The fraction of sp³-hybridized carbons (Fsp3) is 0.0556. The van der Waals surface area contributed by atoms with Crippen LogP contribution >= 0.6 is 22.6 Å². The predicted octanol–water partition coefficient (Wildman–Crippen LogP) is 3.93. The van der Waals surface area contributed by atoms with Gasteiger partial charge in [-0.15, -0.1) is 0 Å². The normalized spacial score (nSPS) is 11.2. The Morgan fingerprint density at radius 2 is 2.16 bits per heavy atom. The zero-order valence-corrected chi connectivity index (χ0v) is 15.5. The van der Waals surface area contributed by atoms with Crippen LogP contribution in [0.15, 0.2) is 54.4 Å². The van der Waals surface area contributed by atoms with E-state index in [0.29, 0.717) is 5.69 Å². The van der Waals surface area contributed by atoms with Crippen LogP contribution in [0, 0.1) is 21.8 Å². The third-order valence-corrected chi connectivity index (χ3v) is 4.30. The molecule has 0 fully saturated rings. The second kappa shape index (κ2) is 7.36. The van der Waals surface area contributed by atoms with Gasteiger partial charge >= 0.3 is 0 Å². The first-order valence-corrected chi connectivity index (χ1v) is 8.52. The number of hydrogen-bond acceptors (Lipinski definition) is 4. The maximum atomic E-state index is 12.3. The quantitative estimate of drug-likeness (QED) is 0.324. The molecule has 25 heavy (non-hydrogen) atoms. The zero-order chi connectivity index (χ0) is 17.8. The van der Waals surface area contributed by atoms with Gasteiger partial charge in [0, 0.05) is 26.5 Å². The lowest BCUT2D eigenvalue weighted by Crippen LogP contribution is -2.15. The number of benzene rings is 2. The van der Waals surface area contributed by atoms with Crippen LogP contribution in [-0.2, 0) is 4.79 Å². The van der Waals surface area contributed by atoms with E-state index < -0.39 is 5.91 Å². The lowest BCUT2D eigenvalue weighted by Gasteiger charge is -2.08. The van der Waals surface area contributed by atoms with Crippen molar-refractivity contribution in [2.45, 2.75) is 6.92 Å². The van der Waals surface area contributed by atoms with Gasteiger partial charge in [0.05, 0.1) is 11.7 Å². The average Bonchev–Trinajstić information content (AvgIpc) is 3.05. The van der Waals surface area contributed by atoms with Gasteiger partial charge < -0.3 is 10.6 Å². The number of amides is 1. The minimum absolute atomic E-state index is 0.0114. The number of H-pyrrole nitrogens is 1. The Hall–Kier alpha value is -2.86. The third-order valence-electron chi connectivity index (χ3n) is 3.63. The highest BCUT2D eigenvalue weighted by atomic mass is 127. The summed E-state index contributed by atoms with van der Waals surface area (Å²) in [6, 6.07) is 13.2. The molecule has 0 aliphatic heterocycles. The molecule has 124 valence electrons. The smallest absolute Gasteiger partial charge is 0.267 e. The Morgan fingerprint density at radius 3 is 2.92 bits per heavy atom. The minimum atomic E-state index is -0.457. The molecule has 0 saturated carbocycles. The molecular weight excluding hydrogens is 429 g/mol. The van der Waals surface area contributed by atoms with Crippen LogP contribution in [0.1, 0.15) is 5.56 Å². The fourth-order valence-electron chi connectivity index (χ4n) is 2.29. The second-order valence-corrected chi connectivity index (χ2v) is 6.65. The van der Waals surface area contributed by atoms with Crippen molar-refractivity contribution in [2.75, 3.05) is 10.6 Å². The molecule has 0 saturated heterocycles. The van der Waals surface area contributed by atoms with Gasteiger partial charge in [0.2, 0.25) is 0 Å². The fourth-order valence-corrected chi connectivity index (χ4v) is 2.93. The number of nitrogens with zero attached hydrogens (tertiary/aromatic N) is 2. The summed E-state index contributed by atoms with van der Waals surface area (Å²) in [4.78, 5) is 12.3. The first kappa shape index (κ1) is 17.0. The highest BCUT2D eigenvalue weighted by Gasteiger charge is 2.11. The van der Waals surface area contributed by atoms with Crippen molar-refractivity contribution in [3.63, 3.8) is 0 Å². The number of anilines is 2. The number of nitrogens with one attached hydrogen (secondary N) is 3. The first-order valence-electron chi connectivity index (χ1n) is 7.44. The first-order chi connectivity index (χ1) is 12.1. The third kappa shape index (κ3) is 3.97. The average molecular weight is 443 g/mol. The molecule has 2 aromatic carbocycles. The lowest BCUT2D eigenvalue weighted by atomic mass is 10.2. The number of nitriles is 1. The van der Waals surface area contributed by atoms with Crippen LogP contribution in [0.25, 0.3) is 10.9 Å². The van der Waals surface area contributed by atoms with Crippen LogP contribution in [0.2, 0.25) is 0 Å². The van der Waals surface area contributed by atoms with Gasteiger partial charge in [-0.3, -0.25) is 9.89 Å². The molecule has 1 amide bonds. The van der Waals surface area contributed by atoms with Crippen molar-refractivity contribution >= 4 is 50.8 Å². The summed E-state index contributed by atoms with van der Waals surface area (Å²) in [6.07, 6.45) is 3.13. The molecule has 0 radical (unpaired) electrons. The molecule has 0 spiro atoms.